The molecule has 0 saturated heterocycles. The molecule has 1 heterocycles. The molecule has 0 amide bonds. The number of nitrogens with zero attached hydrogens (tertiary/aromatic N) is 1. The van der Waals surface area contributed by atoms with E-state index in [2.05, 4.69) is 26.2 Å². The van der Waals surface area contributed by atoms with E-state index in [0.29, 0.717) is 12.2 Å². The number of pyridine rings is 1. The number of benzene rings is 1. The van der Waals surface area contributed by atoms with E-state index in [9.17, 15) is 4.39 Å². The Kier molecular flexibility index (Phi) is 4.15. The van der Waals surface area contributed by atoms with Crippen molar-refractivity contribution in [2.75, 3.05) is 17.6 Å². The summed E-state index contributed by atoms with van der Waals surface area (Å²) in [7, 11) is 0. The average molecular weight is 310 g/mol. The molecule has 0 unspecified atom stereocenters. The van der Waals surface area contributed by atoms with Crippen LogP contribution in [0.15, 0.2) is 41.1 Å². The Hall–Kier alpha value is -1.62. The maximum absolute atomic E-state index is 13.0. The topological polar surface area (TPSA) is 50.9 Å². The van der Waals surface area contributed by atoms with Gasteiger partial charge < -0.3 is 11.1 Å². The molecule has 94 valence electrons. The Balaban J connectivity index is 1.97. The third kappa shape index (κ3) is 3.20. The summed E-state index contributed by atoms with van der Waals surface area (Å²) >= 11 is 3.38. The molecule has 2 rings (SSSR count). The van der Waals surface area contributed by atoms with Gasteiger partial charge in [0.05, 0.1) is 22.0 Å². The smallest absolute Gasteiger partial charge is 0.123 e. The molecule has 2 aromatic rings. The van der Waals surface area contributed by atoms with Crippen LogP contribution in [0.1, 0.15) is 5.56 Å². The maximum Gasteiger partial charge on any atom is 0.123 e. The molecule has 0 aliphatic heterocycles. The third-order valence-corrected chi connectivity index (χ3v) is 3.13. The second kappa shape index (κ2) is 5.82. The van der Waals surface area contributed by atoms with E-state index in [4.69, 9.17) is 5.73 Å². The Bertz CT molecular complexity index is 525. The summed E-state index contributed by atoms with van der Waals surface area (Å²) in [5.41, 5.74) is 8.17. The van der Waals surface area contributed by atoms with E-state index in [1.54, 1.807) is 18.5 Å². The Labute approximate surface area is 113 Å². The molecule has 18 heavy (non-hydrogen) atoms. The Morgan fingerprint density at radius 3 is 2.89 bits per heavy atom. The number of hydrogen-bond donors (Lipinski definition) is 2. The summed E-state index contributed by atoms with van der Waals surface area (Å²) in [5.74, 6) is -0.211. The lowest BCUT2D eigenvalue weighted by molar-refractivity contribution is 0.625. The number of aromatic nitrogens is 1. The normalized spacial score (nSPS) is 10.3. The Morgan fingerprint density at radius 1 is 1.33 bits per heavy atom. The molecule has 0 bridgehead atoms. The van der Waals surface area contributed by atoms with Crippen molar-refractivity contribution in [2.45, 2.75) is 6.42 Å². The summed E-state index contributed by atoms with van der Waals surface area (Å²) in [6.45, 7) is 0.677. The van der Waals surface area contributed by atoms with Crippen molar-refractivity contribution in [1.29, 1.82) is 0 Å². The first-order valence-corrected chi connectivity index (χ1v) is 6.33. The van der Waals surface area contributed by atoms with Gasteiger partial charge in [0, 0.05) is 12.7 Å². The molecule has 0 spiro atoms. The van der Waals surface area contributed by atoms with Crippen molar-refractivity contribution in [2.24, 2.45) is 0 Å². The number of hydrogen-bond acceptors (Lipinski definition) is 3. The first-order valence-electron chi connectivity index (χ1n) is 5.54. The SMILES string of the molecule is Nc1cncc(Br)c1NCCc1cccc(F)c1. The highest BCUT2D eigenvalue weighted by atomic mass is 79.9. The van der Waals surface area contributed by atoms with Gasteiger partial charge in [-0.15, -0.1) is 0 Å². The van der Waals surface area contributed by atoms with Crippen LogP contribution in [0.3, 0.4) is 0 Å². The molecule has 1 aromatic carbocycles. The van der Waals surface area contributed by atoms with Gasteiger partial charge in [-0.05, 0) is 40.0 Å². The number of nitrogen functional groups attached to an aromatic ring is 1. The average Bonchev–Trinajstić information content (AvgIpc) is 2.33. The zero-order chi connectivity index (χ0) is 13.0. The minimum Gasteiger partial charge on any atom is -0.396 e. The zero-order valence-corrected chi connectivity index (χ0v) is 11.2. The van der Waals surface area contributed by atoms with Crippen LogP contribution in [0.4, 0.5) is 15.8 Å². The minimum atomic E-state index is -0.211. The Morgan fingerprint density at radius 2 is 2.17 bits per heavy atom. The molecular formula is C13H13BrFN3. The second-order valence-electron chi connectivity index (χ2n) is 3.89. The molecule has 0 saturated carbocycles. The highest BCUT2D eigenvalue weighted by Crippen LogP contribution is 2.26. The van der Waals surface area contributed by atoms with E-state index in [-0.39, 0.29) is 5.82 Å². The lowest BCUT2D eigenvalue weighted by Gasteiger charge is -2.10. The molecule has 3 nitrogen and oxygen atoms in total. The molecule has 0 fully saturated rings. The largest absolute Gasteiger partial charge is 0.396 e. The molecule has 0 aliphatic rings. The van der Waals surface area contributed by atoms with Crippen LogP contribution in [0.2, 0.25) is 0 Å². The van der Waals surface area contributed by atoms with E-state index >= 15 is 0 Å². The van der Waals surface area contributed by atoms with Gasteiger partial charge >= 0.3 is 0 Å². The van der Waals surface area contributed by atoms with Crippen LogP contribution >= 0.6 is 15.9 Å². The fourth-order valence-corrected chi connectivity index (χ4v) is 2.15. The second-order valence-corrected chi connectivity index (χ2v) is 4.75. The number of nitrogens with two attached hydrogens (primary N) is 1. The quantitative estimate of drug-likeness (QED) is 0.911. The van der Waals surface area contributed by atoms with Crippen molar-refractivity contribution in [3.05, 3.63) is 52.5 Å². The highest BCUT2D eigenvalue weighted by molar-refractivity contribution is 9.10. The van der Waals surface area contributed by atoms with Crippen molar-refractivity contribution < 1.29 is 4.39 Å². The molecule has 3 N–H and O–H groups in total. The van der Waals surface area contributed by atoms with Crippen LogP contribution in [-0.2, 0) is 6.42 Å². The summed E-state index contributed by atoms with van der Waals surface area (Å²) in [6.07, 6.45) is 4.00. The molecule has 5 heteroatoms. The van der Waals surface area contributed by atoms with Crippen LogP contribution in [0.25, 0.3) is 0 Å². The first kappa shape index (κ1) is 12.8. The van der Waals surface area contributed by atoms with Crippen LogP contribution in [-0.4, -0.2) is 11.5 Å². The maximum atomic E-state index is 13.0. The number of rotatable bonds is 4. The standard InChI is InChI=1S/C13H13BrFN3/c14-11-7-17-8-12(16)13(11)18-5-4-9-2-1-3-10(15)6-9/h1-3,6-8H,4-5,16H2,(H,17,18). The van der Waals surface area contributed by atoms with Gasteiger partial charge in [-0.2, -0.15) is 0 Å². The zero-order valence-electron chi connectivity index (χ0n) is 9.66. The molecule has 0 aliphatic carbocycles. The highest BCUT2D eigenvalue weighted by Gasteiger charge is 2.04. The van der Waals surface area contributed by atoms with E-state index < -0.39 is 0 Å². The van der Waals surface area contributed by atoms with E-state index in [1.807, 2.05) is 6.07 Å². The summed E-state index contributed by atoms with van der Waals surface area (Å²) in [5, 5.41) is 3.21. The summed E-state index contributed by atoms with van der Waals surface area (Å²) < 4.78 is 13.8. The van der Waals surface area contributed by atoms with Gasteiger partial charge in [-0.25, -0.2) is 4.39 Å². The lowest BCUT2D eigenvalue weighted by atomic mass is 10.1. The van der Waals surface area contributed by atoms with Crippen molar-refractivity contribution in [3.63, 3.8) is 0 Å². The van der Waals surface area contributed by atoms with Gasteiger partial charge in [0.25, 0.3) is 0 Å². The fraction of sp³-hybridized carbons (Fsp3) is 0.154. The van der Waals surface area contributed by atoms with E-state index in [0.717, 1.165) is 22.1 Å². The van der Waals surface area contributed by atoms with Gasteiger partial charge in [0.2, 0.25) is 0 Å². The van der Waals surface area contributed by atoms with E-state index in [1.165, 1.54) is 12.1 Å². The van der Waals surface area contributed by atoms with Gasteiger partial charge in [-0.3, -0.25) is 4.98 Å². The minimum absolute atomic E-state index is 0.211. The third-order valence-electron chi connectivity index (χ3n) is 2.53. The number of halogens is 2. The van der Waals surface area contributed by atoms with Crippen molar-refractivity contribution in [1.82, 2.24) is 4.98 Å². The molecule has 0 radical (unpaired) electrons. The van der Waals surface area contributed by atoms with Crippen LogP contribution < -0.4 is 11.1 Å². The summed E-state index contributed by atoms with van der Waals surface area (Å²) in [4.78, 5) is 3.96. The first-order chi connectivity index (χ1) is 8.66. The lowest BCUT2D eigenvalue weighted by Crippen LogP contribution is -2.08. The number of nitrogens with one attached hydrogen (secondary N) is 1. The van der Waals surface area contributed by atoms with Gasteiger partial charge in [0.15, 0.2) is 0 Å². The van der Waals surface area contributed by atoms with Crippen LogP contribution in [0.5, 0.6) is 0 Å². The summed E-state index contributed by atoms with van der Waals surface area (Å²) in [6, 6.07) is 6.58. The van der Waals surface area contributed by atoms with Gasteiger partial charge in [-0.1, -0.05) is 12.1 Å². The molecule has 0 atom stereocenters. The predicted molar refractivity (Wildman–Crippen MR) is 74.9 cm³/mol. The van der Waals surface area contributed by atoms with Crippen LogP contribution in [0, 0.1) is 5.82 Å². The van der Waals surface area contributed by atoms with Crippen molar-refractivity contribution >= 4 is 27.3 Å². The predicted octanol–water partition coefficient (Wildman–Crippen LogP) is 3.22. The number of anilines is 2. The monoisotopic (exact) mass is 309 g/mol. The van der Waals surface area contributed by atoms with Gasteiger partial charge in [0.1, 0.15) is 5.82 Å². The molecule has 1 aromatic heterocycles. The fourth-order valence-electron chi connectivity index (χ4n) is 1.66. The van der Waals surface area contributed by atoms with Crippen molar-refractivity contribution in [3.8, 4) is 0 Å². The molecular weight excluding hydrogens is 297 g/mol.